The van der Waals surface area contributed by atoms with Crippen LogP contribution in [-0.4, -0.2) is 3.21 Å². The summed E-state index contributed by atoms with van der Waals surface area (Å²) < 4.78 is 1.80. The molecule has 5 saturated carbocycles. The topological polar surface area (TPSA) is 0 Å². The summed E-state index contributed by atoms with van der Waals surface area (Å²) in [6.07, 6.45) is 25.9. The van der Waals surface area contributed by atoms with Gasteiger partial charge in [-0.2, -0.15) is 35.9 Å². The third-order valence-corrected chi connectivity index (χ3v) is 11.6. The first-order valence-corrected chi connectivity index (χ1v) is 16.1. The van der Waals surface area contributed by atoms with Crippen molar-refractivity contribution in [2.24, 2.45) is 28.6 Å². The second-order valence-corrected chi connectivity index (χ2v) is 14.9. The normalized spacial score (nSPS) is 32.4. The molecular formula is C36H42Cl2Zr-2. The van der Waals surface area contributed by atoms with E-state index in [9.17, 15) is 0 Å². The maximum absolute atomic E-state index is 3.47. The summed E-state index contributed by atoms with van der Waals surface area (Å²) in [4.78, 5) is 0. The van der Waals surface area contributed by atoms with E-state index in [1.807, 2.05) is 6.07 Å². The van der Waals surface area contributed by atoms with E-state index >= 15 is 0 Å². The van der Waals surface area contributed by atoms with Gasteiger partial charge in [0.1, 0.15) is 0 Å². The minimum atomic E-state index is 0. The van der Waals surface area contributed by atoms with Crippen LogP contribution in [0.1, 0.15) is 95.6 Å². The number of fused-ring (bicyclic) bond motifs is 3. The van der Waals surface area contributed by atoms with Crippen molar-refractivity contribution in [2.45, 2.75) is 90.9 Å². The molecule has 7 aliphatic carbocycles. The monoisotopic (exact) mass is 634 g/mol. The molecule has 5 fully saturated rings. The van der Waals surface area contributed by atoms with Gasteiger partial charge in [0.05, 0.1) is 0 Å². The Hall–Kier alpha value is -0.747. The minimum Gasteiger partial charge on any atom is -0.179 e. The van der Waals surface area contributed by atoms with Gasteiger partial charge in [0.2, 0.25) is 0 Å². The van der Waals surface area contributed by atoms with E-state index in [0.29, 0.717) is 10.8 Å². The van der Waals surface area contributed by atoms with Crippen LogP contribution < -0.4 is 24.8 Å². The third-order valence-electron chi connectivity index (χ3n) is 10.4. The predicted octanol–water partition coefficient (Wildman–Crippen LogP) is 3.26. The Morgan fingerprint density at radius 1 is 0.821 bits per heavy atom. The molecule has 0 radical (unpaired) electrons. The van der Waals surface area contributed by atoms with Crippen LogP contribution >= 0.6 is 0 Å². The number of hydrogen-bond acceptors (Lipinski definition) is 0. The molecule has 0 heterocycles. The van der Waals surface area contributed by atoms with Gasteiger partial charge in [-0.15, -0.1) is 5.56 Å². The molecule has 3 heteroatoms. The molecule has 9 rings (SSSR count). The van der Waals surface area contributed by atoms with Crippen LogP contribution in [0.5, 0.6) is 0 Å². The molecule has 0 aliphatic heterocycles. The predicted molar refractivity (Wildman–Crippen MR) is 152 cm³/mol. The Morgan fingerprint density at radius 2 is 1.44 bits per heavy atom. The third kappa shape index (κ3) is 6.52. The van der Waals surface area contributed by atoms with Crippen molar-refractivity contribution in [2.75, 3.05) is 0 Å². The number of hydrogen-bond donors (Lipinski definition) is 0. The molecule has 39 heavy (non-hydrogen) atoms. The van der Waals surface area contributed by atoms with Crippen molar-refractivity contribution in [1.82, 2.24) is 0 Å². The Balaban J connectivity index is 0.000000143. The summed E-state index contributed by atoms with van der Waals surface area (Å²) in [5.41, 5.74) is 7.80. The summed E-state index contributed by atoms with van der Waals surface area (Å²) in [6, 6.07) is 18.1. The standard InChI is InChI=1S/C17H23.C13H9.C6H10.2ClH.Zr/c1-12-3-4-16(2,8-12)17-9-13-5-14(10-17)7-15(6-13)11-17;1-3-7-12-10(5-1)9-11-6-2-4-8-13(11)12;1-2-4-6-5-3-1;;;/h4,8,13-15H,5-7,9-11H2,1-2H3;1-5,7-8H,9H2;1-5H2;2*1H;/q2*-1;;;;+2/p-2. The molecule has 1 unspecified atom stereocenters. The summed E-state index contributed by atoms with van der Waals surface area (Å²) in [5.74, 6) is 3.17. The molecule has 1 atom stereocenters. The zero-order valence-electron chi connectivity index (χ0n) is 23.7. The molecule has 0 aromatic heterocycles. The molecule has 4 bridgehead atoms. The van der Waals surface area contributed by atoms with Crippen LogP contribution in [-0.2, 0) is 30.7 Å². The van der Waals surface area contributed by atoms with E-state index < -0.39 is 0 Å². The second kappa shape index (κ2) is 13.0. The van der Waals surface area contributed by atoms with Crippen LogP contribution in [0.4, 0.5) is 0 Å². The van der Waals surface area contributed by atoms with Gasteiger partial charge < -0.3 is 24.8 Å². The van der Waals surface area contributed by atoms with Gasteiger partial charge >= 0.3 is 59.5 Å². The van der Waals surface area contributed by atoms with E-state index in [-0.39, 0.29) is 24.8 Å². The Kier molecular flexibility index (Phi) is 10.4. The number of rotatable bonds is 1. The fourth-order valence-electron chi connectivity index (χ4n) is 8.85. The molecule has 0 amide bonds. The van der Waals surface area contributed by atoms with E-state index in [1.165, 1.54) is 79.2 Å². The molecule has 0 saturated heterocycles. The van der Waals surface area contributed by atoms with Gasteiger partial charge in [-0.3, -0.25) is 6.08 Å². The van der Waals surface area contributed by atoms with Crippen molar-refractivity contribution < 1.29 is 49.0 Å². The largest absolute Gasteiger partial charge is 0.179 e. The van der Waals surface area contributed by atoms with E-state index in [1.54, 1.807) is 46.7 Å². The Bertz CT molecular complexity index is 1140. The SMILES string of the molecule is CC1=CC(C)(C23CC4CC(CC(C4)C2)C3)C=[C-]1.[Cl-].[Cl-].[Zr+2]=[C]1CCCCC1.[c-]1cccc2c1Cc1ccccc1-2. The quantitative estimate of drug-likeness (QED) is 0.360. The van der Waals surface area contributed by atoms with E-state index in [4.69, 9.17) is 0 Å². The van der Waals surface area contributed by atoms with Crippen LogP contribution in [0.25, 0.3) is 11.1 Å². The summed E-state index contributed by atoms with van der Waals surface area (Å²) in [5, 5.41) is 0. The maximum Gasteiger partial charge on any atom is -0.0253 e. The van der Waals surface area contributed by atoms with Crippen LogP contribution in [0.2, 0.25) is 0 Å². The van der Waals surface area contributed by atoms with Gasteiger partial charge in [-0.25, -0.2) is 11.6 Å². The first-order chi connectivity index (χ1) is 17.9. The molecule has 206 valence electrons. The van der Waals surface area contributed by atoms with E-state index in [0.717, 1.165) is 24.2 Å². The van der Waals surface area contributed by atoms with Crippen molar-refractivity contribution in [3.8, 4) is 11.1 Å². The Morgan fingerprint density at radius 3 is 2.00 bits per heavy atom. The van der Waals surface area contributed by atoms with Gasteiger partial charge in [0.25, 0.3) is 0 Å². The van der Waals surface area contributed by atoms with Crippen molar-refractivity contribution in [1.29, 1.82) is 0 Å². The summed E-state index contributed by atoms with van der Waals surface area (Å²) in [7, 11) is 0. The van der Waals surface area contributed by atoms with Gasteiger partial charge in [0.15, 0.2) is 0 Å². The van der Waals surface area contributed by atoms with Crippen LogP contribution in [0.3, 0.4) is 0 Å². The molecule has 0 spiro atoms. The maximum atomic E-state index is 3.47. The molecule has 2 aromatic rings. The number of allylic oxidation sites excluding steroid dienone is 4. The van der Waals surface area contributed by atoms with Gasteiger partial charge in [-0.05, 0) is 68.1 Å². The summed E-state index contributed by atoms with van der Waals surface area (Å²) in [6.45, 7) is 4.69. The zero-order valence-corrected chi connectivity index (χ0v) is 27.6. The summed E-state index contributed by atoms with van der Waals surface area (Å²) >= 11 is 1.69. The van der Waals surface area contributed by atoms with Crippen molar-refractivity contribution in [3.63, 3.8) is 0 Å². The molecule has 7 aliphatic rings. The fraction of sp³-hybridized carbons (Fsp3) is 0.528. The molecular weight excluding hydrogens is 595 g/mol. The van der Waals surface area contributed by atoms with Gasteiger partial charge in [0, 0.05) is 0 Å². The number of halogens is 2. The minimum absolute atomic E-state index is 0. The van der Waals surface area contributed by atoms with Crippen molar-refractivity contribution in [3.05, 3.63) is 83.5 Å². The average molecular weight is 637 g/mol. The van der Waals surface area contributed by atoms with Gasteiger partial charge in [-0.1, -0.05) is 54.7 Å². The number of benzene rings is 2. The zero-order chi connectivity index (χ0) is 25.5. The first-order valence-electron chi connectivity index (χ1n) is 14.9. The van der Waals surface area contributed by atoms with Crippen LogP contribution in [0, 0.1) is 40.7 Å². The molecule has 2 aromatic carbocycles. The fourth-order valence-corrected chi connectivity index (χ4v) is 9.72. The average Bonchev–Trinajstić information content (AvgIpc) is 3.45. The smallest absolute Gasteiger partial charge is 0.0253 e. The molecule has 0 nitrogen and oxygen atoms in total. The molecule has 0 N–H and O–H groups in total. The first kappa shape index (κ1) is 31.2. The second-order valence-electron chi connectivity index (χ2n) is 13.2. The van der Waals surface area contributed by atoms with Crippen LogP contribution in [0.15, 0.2) is 60.2 Å². The van der Waals surface area contributed by atoms with E-state index in [2.05, 4.69) is 74.5 Å². The van der Waals surface area contributed by atoms with Crippen molar-refractivity contribution >= 4 is 3.21 Å². The Labute approximate surface area is 264 Å².